The lowest BCUT2D eigenvalue weighted by atomic mass is 10.5. The molecule has 0 atom stereocenters. The molecule has 0 bridgehead atoms. The Labute approximate surface area is 75.8 Å². The van der Waals surface area contributed by atoms with Gasteiger partial charge in [-0.25, -0.2) is 9.78 Å². The molecule has 1 amide bonds. The molecule has 13 heavy (non-hydrogen) atoms. The molecule has 1 aromatic rings. The van der Waals surface area contributed by atoms with E-state index in [1.54, 1.807) is 18.2 Å². The Kier molecular flexibility index (Phi) is 3.22. The Morgan fingerprint density at radius 2 is 2.31 bits per heavy atom. The predicted octanol–water partition coefficient (Wildman–Crippen LogP) is 1.07. The highest BCUT2D eigenvalue weighted by Crippen LogP contribution is 2.04. The third-order valence-electron chi connectivity index (χ3n) is 1.36. The van der Waals surface area contributed by atoms with Crippen LogP contribution in [0.2, 0.25) is 0 Å². The van der Waals surface area contributed by atoms with Crippen LogP contribution in [-0.4, -0.2) is 30.3 Å². The van der Waals surface area contributed by atoms with Crippen LogP contribution in [0.1, 0.15) is 0 Å². The topological polar surface area (TPSA) is 51.7 Å². The molecule has 0 saturated carbocycles. The van der Waals surface area contributed by atoms with Gasteiger partial charge in [0, 0.05) is 19.3 Å². The first-order valence-corrected chi connectivity index (χ1v) is 3.64. The molecule has 0 radical (unpaired) electrons. The number of pyridine rings is 1. The molecule has 5 heteroatoms. The summed E-state index contributed by atoms with van der Waals surface area (Å²) in [6.45, 7) is 0. The van der Waals surface area contributed by atoms with Crippen molar-refractivity contribution in [1.29, 1.82) is 0 Å². The number of hydrogen-bond acceptors (Lipinski definition) is 4. The van der Waals surface area contributed by atoms with Crippen molar-refractivity contribution in [3.05, 3.63) is 24.4 Å². The van der Waals surface area contributed by atoms with Crippen LogP contribution in [0.25, 0.3) is 0 Å². The molecular formula is C8H10N2O3. The molecule has 0 saturated heterocycles. The van der Waals surface area contributed by atoms with Gasteiger partial charge in [-0.15, -0.1) is 0 Å². The van der Waals surface area contributed by atoms with E-state index in [-0.39, 0.29) is 5.88 Å². The highest BCUT2D eigenvalue weighted by molar-refractivity contribution is 5.68. The smallest absolute Gasteiger partial charge is 0.390 e. The molecule has 0 aliphatic rings. The van der Waals surface area contributed by atoms with Gasteiger partial charge in [0.2, 0.25) is 5.88 Å². The van der Waals surface area contributed by atoms with Gasteiger partial charge in [-0.3, -0.25) is 4.84 Å². The maximum absolute atomic E-state index is 11.1. The van der Waals surface area contributed by atoms with Gasteiger partial charge in [-0.2, -0.15) is 5.06 Å². The Bertz CT molecular complexity index is 276. The fourth-order valence-corrected chi connectivity index (χ4v) is 0.636. The summed E-state index contributed by atoms with van der Waals surface area (Å²) in [5.41, 5.74) is 0. The van der Waals surface area contributed by atoms with E-state index < -0.39 is 6.09 Å². The minimum absolute atomic E-state index is 0.247. The second-order valence-corrected chi connectivity index (χ2v) is 2.22. The van der Waals surface area contributed by atoms with Crippen molar-refractivity contribution in [3.8, 4) is 5.88 Å². The average Bonchev–Trinajstić information content (AvgIpc) is 2.18. The van der Waals surface area contributed by atoms with Gasteiger partial charge in [0.25, 0.3) is 0 Å². The van der Waals surface area contributed by atoms with Crippen LogP contribution in [0.5, 0.6) is 5.88 Å². The lowest BCUT2D eigenvalue weighted by molar-refractivity contribution is -0.0793. The second-order valence-electron chi connectivity index (χ2n) is 2.22. The molecule has 0 unspecified atom stereocenters. The van der Waals surface area contributed by atoms with Gasteiger partial charge in [-0.05, 0) is 6.07 Å². The summed E-state index contributed by atoms with van der Waals surface area (Å²) < 4.78 is 4.82. The van der Waals surface area contributed by atoms with E-state index >= 15 is 0 Å². The number of aromatic nitrogens is 1. The first kappa shape index (κ1) is 9.47. The number of hydrogen-bond donors (Lipinski definition) is 0. The van der Waals surface area contributed by atoms with Crippen LogP contribution in [-0.2, 0) is 4.84 Å². The van der Waals surface area contributed by atoms with Gasteiger partial charge in [-0.1, -0.05) is 6.07 Å². The zero-order valence-electron chi connectivity index (χ0n) is 7.43. The second kappa shape index (κ2) is 4.42. The van der Waals surface area contributed by atoms with Gasteiger partial charge in [0.15, 0.2) is 0 Å². The molecule has 0 spiro atoms. The molecule has 0 N–H and O–H groups in total. The van der Waals surface area contributed by atoms with Crippen LogP contribution >= 0.6 is 0 Å². The van der Waals surface area contributed by atoms with Crippen molar-refractivity contribution in [2.75, 3.05) is 14.2 Å². The Hall–Kier alpha value is -1.62. The Balaban J connectivity index is 2.55. The lowest BCUT2D eigenvalue weighted by Crippen LogP contribution is -2.28. The van der Waals surface area contributed by atoms with Crippen LogP contribution < -0.4 is 4.74 Å². The fourth-order valence-electron chi connectivity index (χ4n) is 0.636. The Morgan fingerprint density at radius 1 is 1.54 bits per heavy atom. The molecule has 0 fully saturated rings. The number of rotatable bonds is 2. The van der Waals surface area contributed by atoms with Gasteiger partial charge in [0.05, 0.1) is 7.11 Å². The molecule has 5 nitrogen and oxygen atoms in total. The van der Waals surface area contributed by atoms with Crippen LogP contribution in [0.15, 0.2) is 24.4 Å². The minimum atomic E-state index is -0.610. The average molecular weight is 182 g/mol. The number of amides is 1. The molecule has 1 aromatic heterocycles. The van der Waals surface area contributed by atoms with E-state index in [4.69, 9.17) is 4.74 Å². The molecule has 0 aromatic carbocycles. The van der Waals surface area contributed by atoms with Crippen molar-refractivity contribution in [1.82, 2.24) is 10.0 Å². The monoisotopic (exact) mass is 182 g/mol. The normalized spacial score (nSPS) is 9.38. The first-order valence-electron chi connectivity index (χ1n) is 3.64. The van der Waals surface area contributed by atoms with Gasteiger partial charge in [0.1, 0.15) is 0 Å². The first-order chi connectivity index (χ1) is 6.24. The highest BCUT2D eigenvalue weighted by Gasteiger charge is 2.10. The Morgan fingerprint density at radius 3 is 2.85 bits per heavy atom. The van der Waals surface area contributed by atoms with Crippen LogP contribution in [0.4, 0.5) is 4.79 Å². The van der Waals surface area contributed by atoms with Crippen LogP contribution in [0.3, 0.4) is 0 Å². The summed E-state index contributed by atoms with van der Waals surface area (Å²) in [5.74, 6) is 0.247. The van der Waals surface area contributed by atoms with E-state index in [1.165, 1.54) is 20.4 Å². The van der Waals surface area contributed by atoms with Crippen molar-refractivity contribution >= 4 is 6.09 Å². The molecule has 1 rings (SSSR count). The van der Waals surface area contributed by atoms with E-state index in [1.807, 2.05) is 0 Å². The number of hydroxylamine groups is 2. The van der Waals surface area contributed by atoms with Crippen molar-refractivity contribution in [2.24, 2.45) is 0 Å². The molecule has 0 aliphatic carbocycles. The number of carbonyl (C=O) groups excluding carboxylic acids is 1. The fraction of sp³-hybridized carbons (Fsp3) is 0.250. The summed E-state index contributed by atoms with van der Waals surface area (Å²) in [5, 5.41) is 0.967. The van der Waals surface area contributed by atoms with Gasteiger partial charge < -0.3 is 4.74 Å². The lowest BCUT2D eigenvalue weighted by Gasteiger charge is -2.12. The van der Waals surface area contributed by atoms with E-state index in [2.05, 4.69) is 9.82 Å². The van der Waals surface area contributed by atoms with Crippen LogP contribution in [0, 0.1) is 0 Å². The minimum Gasteiger partial charge on any atom is -0.390 e. The standard InChI is InChI=1S/C8H10N2O3/c1-10(12-2)8(11)13-7-5-3-4-6-9-7/h3-6H,1-2H3. The zero-order valence-corrected chi connectivity index (χ0v) is 7.43. The summed E-state index contributed by atoms with van der Waals surface area (Å²) in [6.07, 6.45) is 0.927. The SMILES string of the molecule is CON(C)C(=O)Oc1ccccn1. The number of carbonyl (C=O) groups is 1. The van der Waals surface area contributed by atoms with Gasteiger partial charge >= 0.3 is 6.09 Å². The molecule has 0 aliphatic heterocycles. The highest BCUT2D eigenvalue weighted by atomic mass is 16.7. The van der Waals surface area contributed by atoms with Crippen molar-refractivity contribution in [2.45, 2.75) is 0 Å². The quantitative estimate of drug-likeness (QED) is 0.642. The van der Waals surface area contributed by atoms with Crippen molar-refractivity contribution in [3.63, 3.8) is 0 Å². The number of ether oxygens (including phenoxy) is 1. The number of nitrogens with zero attached hydrogens (tertiary/aromatic N) is 2. The van der Waals surface area contributed by atoms with Crippen molar-refractivity contribution < 1.29 is 14.4 Å². The summed E-state index contributed by atoms with van der Waals surface area (Å²) in [6, 6.07) is 5.04. The zero-order chi connectivity index (χ0) is 9.68. The molecule has 70 valence electrons. The van der Waals surface area contributed by atoms with E-state index in [0.29, 0.717) is 0 Å². The van der Waals surface area contributed by atoms with E-state index in [9.17, 15) is 4.79 Å². The summed E-state index contributed by atoms with van der Waals surface area (Å²) >= 11 is 0. The largest absolute Gasteiger partial charge is 0.440 e. The maximum atomic E-state index is 11.1. The third-order valence-corrected chi connectivity index (χ3v) is 1.36. The predicted molar refractivity (Wildman–Crippen MR) is 45.0 cm³/mol. The molecule has 1 heterocycles. The maximum Gasteiger partial charge on any atom is 0.440 e. The molecular weight excluding hydrogens is 172 g/mol. The van der Waals surface area contributed by atoms with E-state index in [0.717, 1.165) is 5.06 Å². The third kappa shape index (κ3) is 2.72. The summed E-state index contributed by atoms with van der Waals surface area (Å²) in [7, 11) is 2.82. The summed E-state index contributed by atoms with van der Waals surface area (Å²) in [4.78, 5) is 19.5.